The lowest BCUT2D eigenvalue weighted by Crippen LogP contribution is -2.48. The molecule has 2 aliphatic rings. The first-order chi connectivity index (χ1) is 7.46. The zero-order chi connectivity index (χ0) is 11.8. The van der Waals surface area contributed by atoms with Gasteiger partial charge in [0.15, 0.2) is 0 Å². The van der Waals surface area contributed by atoms with Crippen molar-refractivity contribution in [1.82, 2.24) is 10.2 Å². The molecule has 1 amide bonds. The van der Waals surface area contributed by atoms with Gasteiger partial charge in [0.2, 0.25) is 0 Å². The minimum Gasteiger partial charge on any atom is -0.444 e. The van der Waals surface area contributed by atoms with E-state index in [-0.39, 0.29) is 11.7 Å². The molecule has 2 fully saturated rings. The number of nitrogens with zero attached hydrogens (tertiary/aromatic N) is 1. The van der Waals surface area contributed by atoms with Crippen LogP contribution >= 0.6 is 0 Å². The number of ether oxygens (including phenoxy) is 1. The quantitative estimate of drug-likeness (QED) is 0.682. The topological polar surface area (TPSA) is 41.6 Å². The molecule has 2 heterocycles. The van der Waals surface area contributed by atoms with Crippen LogP contribution in [0.5, 0.6) is 0 Å². The van der Waals surface area contributed by atoms with Crippen LogP contribution < -0.4 is 5.32 Å². The number of carbonyl (C=O) groups is 1. The van der Waals surface area contributed by atoms with Gasteiger partial charge in [-0.1, -0.05) is 0 Å². The molecule has 92 valence electrons. The first-order valence-corrected chi connectivity index (χ1v) is 6.17. The third-order valence-corrected chi connectivity index (χ3v) is 3.31. The van der Waals surface area contributed by atoms with Gasteiger partial charge < -0.3 is 15.0 Å². The van der Waals surface area contributed by atoms with Gasteiger partial charge in [-0.05, 0) is 46.1 Å². The molecule has 1 N–H and O–H groups in total. The second-order valence-corrected chi connectivity index (χ2v) is 5.82. The summed E-state index contributed by atoms with van der Waals surface area (Å²) in [7, 11) is 0. The molecule has 0 saturated carbocycles. The Labute approximate surface area is 97.3 Å². The van der Waals surface area contributed by atoms with Gasteiger partial charge >= 0.3 is 6.09 Å². The molecular weight excluding hydrogens is 204 g/mol. The summed E-state index contributed by atoms with van der Waals surface area (Å²) in [4.78, 5) is 13.7. The van der Waals surface area contributed by atoms with E-state index in [1.54, 1.807) is 0 Å². The predicted octanol–water partition coefficient (Wildman–Crippen LogP) is 1.61. The Balaban J connectivity index is 1.89. The molecule has 0 aromatic carbocycles. The second kappa shape index (κ2) is 4.24. The average molecular weight is 226 g/mol. The smallest absolute Gasteiger partial charge is 0.410 e. The minimum atomic E-state index is -0.387. The zero-order valence-electron chi connectivity index (χ0n) is 10.5. The average Bonchev–Trinajstić information content (AvgIpc) is 2.61. The predicted molar refractivity (Wildman–Crippen MR) is 62.3 cm³/mol. The molecule has 4 nitrogen and oxygen atoms in total. The van der Waals surface area contributed by atoms with Crippen LogP contribution in [-0.2, 0) is 4.74 Å². The van der Waals surface area contributed by atoms with Gasteiger partial charge in [-0.15, -0.1) is 0 Å². The van der Waals surface area contributed by atoms with Gasteiger partial charge in [0.25, 0.3) is 0 Å². The van der Waals surface area contributed by atoms with E-state index in [1.807, 2.05) is 25.7 Å². The molecule has 0 bridgehead atoms. The highest BCUT2D eigenvalue weighted by Crippen LogP contribution is 2.25. The minimum absolute atomic E-state index is 0.155. The van der Waals surface area contributed by atoms with Crippen LogP contribution in [0.3, 0.4) is 0 Å². The van der Waals surface area contributed by atoms with Crippen LogP contribution in [-0.4, -0.2) is 42.3 Å². The van der Waals surface area contributed by atoms with Crippen molar-refractivity contribution in [2.75, 3.05) is 19.6 Å². The van der Waals surface area contributed by atoms with Crippen LogP contribution in [0.15, 0.2) is 0 Å². The number of hydrogen-bond acceptors (Lipinski definition) is 3. The fourth-order valence-corrected chi connectivity index (χ4v) is 2.54. The summed E-state index contributed by atoms with van der Waals surface area (Å²) in [6.45, 7) is 8.51. The maximum absolute atomic E-state index is 11.9. The molecule has 0 aromatic heterocycles. The molecule has 0 unspecified atom stereocenters. The highest BCUT2D eigenvalue weighted by atomic mass is 16.6. The van der Waals surface area contributed by atoms with E-state index in [9.17, 15) is 4.79 Å². The molecule has 0 spiro atoms. The molecule has 2 saturated heterocycles. The van der Waals surface area contributed by atoms with E-state index in [1.165, 1.54) is 6.42 Å². The summed E-state index contributed by atoms with van der Waals surface area (Å²) < 4.78 is 5.39. The SMILES string of the molecule is CC(C)(C)OC(=O)N1CC[C@@H]2NCC[C@H]2C1. The number of carbonyl (C=O) groups excluding carboxylic acids is 1. The van der Waals surface area contributed by atoms with E-state index in [4.69, 9.17) is 4.74 Å². The number of piperidine rings is 1. The van der Waals surface area contributed by atoms with E-state index in [0.29, 0.717) is 12.0 Å². The monoisotopic (exact) mass is 226 g/mol. The summed E-state index contributed by atoms with van der Waals surface area (Å²) in [6, 6.07) is 0.624. The van der Waals surface area contributed by atoms with Crippen molar-refractivity contribution in [2.24, 2.45) is 5.92 Å². The number of fused-ring (bicyclic) bond motifs is 1. The van der Waals surface area contributed by atoms with Gasteiger partial charge in [-0.3, -0.25) is 0 Å². The third kappa shape index (κ3) is 2.67. The maximum atomic E-state index is 11.9. The number of hydrogen-bond donors (Lipinski definition) is 1. The molecule has 2 atom stereocenters. The lowest BCUT2D eigenvalue weighted by atomic mass is 9.94. The van der Waals surface area contributed by atoms with Crippen molar-refractivity contribution in [2.45, 2.75) is 45.3 Å². The molecular formula is C12H22N2O2. The number of likely N-dealkylation sites (tertiary alicyclic amines) is 1. The van der Waals surface area contributed by atoms with Crippen LogP contribution in [0.1, 0.15) is 33.6 Å². The Hall–Kier alpha value is -0.770. The van der Waals surface area contributed by atoms with Gasteiger partial charge in [0.1, 0.15) is 5.60 Å². The first-order valence-electron chi connectivity index (χ1n) is 6.17. The van der Waals surface area contributed by atoms with E-state index < -0.39 is 0 Å². The molecule has 4 heteroatoms. The fraction of sp³-hybridized carbons (Fsp3) is 0.917. The van der Waals surface area contributed by atoms with Crippen molar-refractivity contribution < 1.29 is 9.53 Å². The molecule has 0 aliphatic carbocycles. The second-order valence-electron chi connectivity index (χ2n) is 5.82. The zero-order valence-corrected chi connectivity index (χ0v) is 10.5. The molecule has 0 radical (unpaired) electrons. The van der Waals surface area contributed by atoms with Gasteiger partial charge in [0, 0.05) is 19.1 Å². The summed E-state index contributed by atoms with van der Waals surface area (Å²) in [5.41, 5.74) is -0.387. The lowest BCUT2D eigenvalue weighted by Gasteiger charge is -2.35. The van der Waals surface area contributed by atoms with Crippen molar-refractivity contribution >= 4 is 6.09 Å². The Morgan fingerprint density at radius 2 is 2.12 bits per heavy atom. The van der Waals surface area contributed by atoms with Crippen molar-refractivity contribution in [3.05, 3.63) is 0 Å². The van der Waals surface area contributed by atoms with Crippen molar-refractivity contribution in [3.8, 4) is 0 Å². The van der Waals surface area contributed by atoms with Crippen molar-refractivity contribution in [1.29, 1.82) is 0 Å². The van der Waals surface area contributed by atoms with E-state index in [2.05, 4.69) is 5.32 Å². The Bertz CT molecular complexity index is 273. The standard InChI is InChI=1S/C12H22N2O2/c1-12(2,3)16-11(15)14-7-5-10-9(8-14)4-6-13-10/h9-10,13H,4-8H2,1-3H3/t9-,10-/m0/s1. The number of amides is 1. The molecule has 0 aromatic rings. The molecule has 2 aliphatic heterocycles. The molecule has 2 rings (SSSR count). The summed E-state index contributed by atoms with van der Waals surface area (Å²) in [5.74, 6) is 0.626. The van der Waals surface area contributed by atoms with Gasteiger partial charge in [-0.2, -0.15) is 0 Å². The normalized spacial score (nSPS) is 30.1. The number of rotatable bonds is 0. The van der Waals surface area contributed by atoms with Crippen LogP contribution in [0.4, 0.5) is 4.79 Å². The van der Waals surface area contributed by atoms with Gasteiger partial charge in [0.05, 0.1) is 0 Å². The Morgan fingerprint density at radius 3 is 2.81 bits per heavy atom. The third-order valence-electron chi connectivity index (χ3n) is 3.31. The summed E-state index contributed by atoms with van der Waals surface area (Å²) in [6.07, 6.45) is 2.09. The number of nitrogens with one attached hydrogen (secondary N) is 1. The Morgan fingerprint density at radius 1 is 1.38 bits per heavy atom. The highest BCUT2D eigenvalue weighted by molar-refractivity contribution is 5.68. The molecule has 16 heavy (non-hydrogen) atoms. The highest BCUT2D eigenvalue weighted by Gasteiger charge is 2.35. The summed E-state index contributed by atoms with van der Waals surface area (Å²) >= 11 is 0. The van der Waals surface area contributed by atoms with Crippen molar-refractivity contribution in [3.63, 3.8) is 0 Å². The van der Waals surface area contributed by atoms with Gasteiger partial charge in [-0.25, -0.2) is 4.79 Å². The first kappa shape index (κ1) is 11.7. The van der Waals surface area contributed by atoms with E-state index >= 15 is 0 Å². The maximum Gasteiger partial charge on any atom is 0.410 e. The van der Waals surface area contributed by atoms with Crippen LogP contribution in [0.25, 0.3) is 0 Å². The van der Waals surface area contributed by atoms with Crippen LogP contribution in [0.2, 0.25) is 0 Å². The van der Waals surface area contributed by atoms with Crippen LogP contribution in [0, 0.1) is 5.92 Å². The fourth-order valence-electron chi connectivity index (χ4n) is 2.54. The lowest BCUT2D eigenvalue weighted by molar-refractivity contribution is 0.0157. The van der Waals surface area contributed by atoms with E-state index in [0.717, 1.165) is 26.1 Å². The largest absolute Gasteiger partial charge is 0.444 e. The summed E-state index contributed by atoms with van der Waals surface area (Å²) in [5, 5.41) is 3.49. The Kier molecular flexibility index (Phi) is 3.10.